The van der Waals surface area contributed by atoms with E-state index in [4.69, 9.17) is 5.73 Å². The fourth-order valence-electron chi connectivity index (χ4n) is 2.38. The minimum absolute atomic E-state index is 0.156. The Balaban J connectivity index is 1.97. The van der Waals surface area contributed by atoms with Crippen LogP contribution in [-0.2, 0) is 4.79 Å². The third kappa shape index (κ3) is 3.79. The fourth-order valence-corrected chi connectivity index (χ4v) is 2.38. The summed E-state index contributed by atoms with van der Waals surface area (Å²) < 4.78 is 40.4. The summed E-state index contributed by atoms with van der Waals surface area (Å²) in [6, 6.07) is 8.49. The number of aromatic amines is 1. The van der Waals surface area contributed by atoms with Gasteiger partial charge in [-0.15, -0.1) is 13.2 Å². The Morgan fingerprint density at radius 1 is 1.20 bits per heavy atom. The van der Waals surface area contributed by atoms with Crippen molar-refractivity contribution in [2.45, 2.75) is 6.36 Å². The largest absolute Gasteiger partial charge is 0.573 e. The Morgan fingerprint density at radius 3 is 2.56 bits per heavy atom. The highest BCUT2D eigenvalue weighted by molar-refractivity contribution is 6.24. The predicted octanol–water partition coefficient (Wildman–Crippen LogP) is 3.49. The molecule has 0 saturated heterocycles. The monoisotopic (exact) mass is 347 g/mol. The Hall–Kier alpha value is -3.29. The van der Waals surface area contributed by atoms with Gasteiger partial charge in [-0.25, -0.2) is 4.98 Å². The third-order valence-electron chi connectivity index (χ3n) is 3.45. The average Bonchev–Trinajstić information content (AvgIpc) is 2.95. The molecule has 0 unspecified atom stereocenters. The molecule has 2 aromatic heterocycles. The third-order valence-corrected chi connectivity index (χ3v) is 3.45. The molecule has 0 aliphatic heterocycles. The molecule has 0 bridgehead atoms. The number of primary amides is 1. The van der Waals surface area contributed by atoms with E-state index in [9.17, 15) is 18.0 Å². The van der Waals surface area contributed by atoms with Crippen LogP contribution in [0.4, 0.5) is 13.2 Å². The summed E-state index contributed by atoms with van der Waals surface area (Å²) in [4.78, 5) is 18.9. The Morgan fingerprint density at radius 2 is 1.92 bits per heavy atom. The lowest BCUT2D eigenvalue weighted by Crippen LogP contribution is -2.17. The number of nitrogens with zero attached hydrogens (tertiary/aromatic N) is 1. The van der Waals surface area contributed by atoms with E-state index in [1.807, 2.05) is 6.07 Å². The van der Waals surface area contributed by atoms with Crippen LogP contribution >= 0.6 is 0 Å². The molecule has 8 heteroatoms. The topological polar surface area (TPSA) is 81.0 Å². The zero-order valence-electron chi connectivity index (χ0n) is 12.7. The average molecular weight is 347 g/mol. The SMILES string of the molecule is NC(=O)C(=Cc1c[nH]c2ncccc12)c1ccc(OC(F)(F)F)cc1. The number of nitrogens with two attached hydrogens (primary N) is 1. The Labute approximate surface area is 139 Å². The highest BCUT2D eigenvalue weighted by Gasteiger charge is 2.31. The second-order valence-electron chi connectivity index (χ2n) is 5.14. The van der Waals surface area contributed by atoms with Crippen LogP contribution in [0, 0.1) is 0 Å². The second kappa shape index (κ2) is 6.31. The molecule has 0 fully saturated rings. The maximum absolute atomic E-state index is 12.2. The normalized spacial score (nSPS) is 12.4. The molecule has 1 aromatic carbocycles. The summed E-state index contributed by atoms with van der Waals surface area (Å²) >= 11 is 0. The van der Waals surface area contributed by atoms with Crippen molar-refractivity contribution in [3.05, 3.63) is 59.9 Å². The molecular formula is C17H12F3N3O2. The van der Waals surface area contributed by atoms with Crippen molar-refractivity contribution >= 4 is 28.6 Å². The van der Waals surface area contributed by atoms with Gasteiger partial charge in [-0.3, -0.25) is 4.79 Å². The van der Waals surface area contributed by atoms with Gasteiger partial charge in [0.1, 0.15) is 11.4 Å². The van der Waals surface area contributed by atoms with Gasteiger partial charge < -0.3 is 15.5 Å². The molecule has 0 aliphatic rings. The number of carbonyl (C=O) groups excluding carboxylic acids is 1. The van der Waals surface area contributed by atoms with E-state index >= 15 is 0 Å². The van der Waals surface area contributed by atoms with E-state index in [0.29, 0.717) is 16.8 Å². The van der Waals surface area contributed by atoms with Gasteiger partial charge in [0.2, 0.25) is 5.91 Å². The van der Waals surface area contributed by atoms with Crippen molar-refractivity contribution in [2.24, 2.45) is 5.73 Å². The number of halogens is 3. The lowest BCUT2D eigenvalue weighted by molar-refractivity contribution is -0.274. The maximum atomic E-state index is 12.2. The number of amides is 1. The number of aromatic nitrogens is 2. The molecule has 0 radical (unpaired) electrons. The zero-order chi connectivity index (χ0) is 18.0. The van der Waals surface area contributed by atoms with Gasteiger partial charge in [0, 0.05) is 28.9 Å². The standard InChI is InChI=1S/C17H12F3N3O2/c18-17(19,20)25-12-5-3-10(4-6-12)14(15(21)24)8-11-9-23-16-13(11)2-1-7-22-16/h1-9H,(H2,21,24)(H,22,23). The quantitative estimate of drug-likeness (QED) is 0.709. The number of fused-ring (bicyclic) bond motifs is 1. The number of rotatable bonds is 4. The molecule has 25 heavy (non-hydrogen) atoms. The van der Waals surface area contributed by atoms with E-state index in [0.717, 1.165) is 17.5 Å². The predicted molar refractivity (Wildman–Crippen MR) is 86.3 cm³/mol. The molecule has 3 aromatic rings. The van der Waals surface area contributed by atoms with Crippen molar-refractivity contribution in [3.8, 4) is 5.75 Å². The van der Waals surface area contributed by atoms with Crippen LogP contribution in [0.25, 0.3) is 22.7 Å². The summed E-state index contributed by atoms with van der Waals surface area (Å²) in [5, 5.41) is 0.790. The molecule has 0 spiro atoms. The van der Waals surface area contributed by atoms with Crippen molar-refractivity contribution in [1.82, 2.24) is 9.97 Å². The first-order valence-electron chi connectivity index (χ1n) is 7.13. The number of alkyl halides is 3. The van der Waals surface area contributed by atoms with E-state index in [2.05, 4.69) is 14.7 Å². The molecular weight excluding hydrogens is 335 g/mol. The van der Waals surface area contributed by atoms with E-state index in [1.54, 1.807) is 24.5 Å². The van der Waals surface area contributed by atoms with Gasteiger partial charge >= 0.3 is 6.36 Å². The molecule has 0 atom stereocenters. The van der Waals surface area contributed by atoms with Gasteiger partial charge in [-0.05, 0) is 35.9 Å². The van der Waals surface area contributed by atoms with E-state index < -0.39 is 12.3 Å². The number of benzene rings is 1. The molecule has 0 aliphatic carbocycles. The summed E-state index contributed by atoms with van der Waals surface area (Å²) in [6.45, 7) is 0. The minimum Gasteiger partial charge on any atom is -0.406 e. The highest BCUT2D eigenvalue weighted by atomic mass is 19.4. The molecule has 2 heterocycles. The number of H-pyrrole nitrogens is 1. The van der Waals surface area contributed by atoms with Crippen LogP contribution in [0.3, 0.4) is 0 Å². The second-order valence-corrected chi connectivity index (χ2v) is 5.14. The Bertz CT molecular complexity index is 944. The zero-order valence-corrected chi connectivity index (χ0v) is 12.7. The smallest absolute Gasteiger partial charge is 0.406 e. The molecule has 3 rings (SSSR count). The van der Waals surface area contributed by atoms with Crippen molar-refractivity contribution < 1.29 is 22.7 Å². The number of carbonyl (C=O) groups is 1. The first-order chi connectivity index (χ1) is 11.8. The van der Waals surface area contributed by atoms with Gasteiger partial charge in [0.25, 0.3) is 0 Å². The van der Waals surface area contributed by atoms with Crippen LogP contribution < -0.4 is 10.5 Å². The van der Waals surface area contributed by atoms with Crippen molar-refractivity contribution in [2.75, 3.05) is 0 Å². The van der Waals surface area contributed by atoms with E-state index in [1.165, 1.54) is 12.1 Å². The number of nitrogens with one attached hydrogen (secondary N) is 1. The summed E-state index contributed by atoms with van der Waals surface area (Å²) in [7, 11) is 0. The Kier molecular flexibility index (Phi) is 4.18. The maximum Gasteiger partial charge on any atom is 0.573 e. The number of hydrogen-bond donors (Lipinski definition) is 2. The number of hydrogen-bond acceptors (Lipinski definition) is 3. The molecule has 3 N–H and O–H groups in total. The minimum atomic E-state index is -4.78. The fraction of sp³-hybridized carbons (Fsp3) is 0.0588. The molecule has 1 amide bonds. The number of ether oxygens (including phenoxy) is 1. The van der Waals surface area contributed by atoms with Crippen LogP contribution in [0.15, 0.2) is 48.8 Å². The molecule has 0 saturated carbocycles. The van der Waals surface area contributed by atoms with Gasteiger partial charge in [0.05, 0.1) is 0 Å². The van der Waals surface area contributed by atoms with Crippen LogP contribution in [0.5, 0.6) is 5.75 Å². The lowest BCUT2D eigenvalue weighted by Gasteiger charge is -2.10. The lowest BCUT2D eigenvalue weighted by atomic mass is 10.0. The van der Waals surface area contributed by atoms with Gasteiger partial charge in [-0.1, -0.05) is 12.1 Å². The van der Waals surface area contributed by atoms with Crippen molar-refractivity contribution in [1.29, 1.82) is 0 Å². The van der Waals surface area contributed by atoms with E-state index in [-0.39, 0.29) is 11.3 Å². The van der Waals surface area contributed by atoms with Gasteiger partial charge in [0.15, 0.2) is 0 Å². The summed E-state index contributed by atoms with van der Waals surface area (Å²) in [5.74, 6) is -1.08. The number of pyridine rings is 1. The van der Waals surface area contributed by atoms with Gasteiger partial charge in [-0.2, -0.15) is 0 Å². The van der Waals surface area contributed by atoms with Crippen LogP contribution in [-0.4, -0.2) is 22.2 Å². The highest BCUT2D eigenvalue weighted by Crippen LogP contribution is 2.27. The molecule has 128 valence electrons. The first-order valence-corrected chi connectivity index (χ1v) is 7.13. The molecule has 5 nitrogen and oxygen atoms in total. The first kappa shape index (κ1) is 16.6. The summed E-state index contributed by atoms with van der Waals surface area (Å²) in [6.07, 6.45) is 0.0752. The van der Waals surface area contributed by atoms with Crippen LogP contribution in [0.1, 0.15) is 11.1 Å². The summed E-state index contributed by atoms with van der Waals surface area (Å²) in [5.41, 5.74) is 7.29. The van der Waals surface area contributed by atoms with Crippen LogP contribution in [0.2, 0.25) is 0 Å². The van der Waals surface area contributed by atoms with Crippen molar-refractivity contribution in [3.63, 3.8) is 0 Å².